The monoisotopic (exact) mass is 714 g/mol. The van der Waals surface area contributed by atoms with Gasteiger partial charge in [0.2, 0.25) is 0 Å². The summed E-state index contributed by atoms with van der Waals surface area (Å²) in [5.41, 5.74) is 8.01. The molecular weight excluding hydrogens is 660 g/mol. The summed E-state index contributed by atoms with van der Waals surface area (Å²) in [6.07, 6.45) is 5.30. The molecule has 3 heteroatoms. The third kappa shape index (κ3) is 9.60. The summed E-state index contributed by atoms with van der Waals surface area (Å²) in [5.74, 6) is 3.82. The zero-order valence-electron chi connectivity index (χ0n) is 30.0. The molecule has 230 valence electrons. The predicted octanol–water partition coefficient (Wildman–Crippen LogP) is 12.2. The van der Waals surface area contributed by atoms with Gasteiger partial charge in [-0.25, -0.2) is 0 Å². The summed E-state index contributed by atoms with van der Waals surface area (Å²) in [6.45, 7) is 32.9. The molecule has 3 aromatic carbocycles. The molecule has 0 aromatic heterocycles. The topological polar surface area (TPSA) is 0 Å². The number of rotatable bonds is 6. The van der Waals surface area contributed by atoms with Gasteiger partial charge in [-0.05, 0) is 0 Å². The van der Waals surface area contributed by atoms with E-state index in [4.69, 9.17) is 0 Å². The third-order valence-electron chi connectivity index (χ3n) is 8.71. The van der Waals surface area contributed by atoms with Crippen LogP contribution in [-0.4, -0.2) is 40.5 Å². The van der Waals surface area contributed by atoms with Crippen LogP contribution in [0.4, 0.5) is 0 Å². The van der Waals surface area contributed by atoms with Crippen molar-refractivity contribution in [2.24, 2.45) is 0 Å². The van der Waals surface area contributed by atoms with Crippen molar-refractivity contribution in [2.75, 3.05) is 0 Å². The van der Waals surface area contributed by atoms with Gasteiger partial charge in [-0.15, -0.1) is 0 Å². The van der Waals surface area contributed by atoms with E-state index in [1.807, 2.05) is 0 Å². The van der Waals surface area contributed by atoms with E-state index in [0.29, 0.717) is 0 Å². The fraction of sp³-hybridized carbons (Fsp3) is 0.415. The summed E-state index contributed by atoms with van der Waals surface area (Å²) >= 11 is -4.69. The minimum atomic E-state index is -2.59. The van der Waals surface area contributed by atoms with Crippen molar-refractivity contribution in [2.45, 2.75) is 106 Å². The fourth-order valence-corrected chi connectivity index (χ4v) is 52.8. The van der Waals surface area contributed by atoms with Gasteiger partial charge in [0.1, 0.15) is 0 Å². The van der Waals surface area contributed by atoms with Crippen LogP contribution < -0.4 is 0 Å². The Bertz CT molecular complexity index is 1360. The van der Waals surface area contributed by atoms with Crippen molar-refractivity contribution in [1.29, 1.82) is 0 Å². The number of hydrogen-bond donors (Lipinski definition) is 0. The molecule has 44 heavy (non-hydrogen) atoms. The molecule has 0 fully saturated rings. The first-order valence-electron chi connectivity index (χ1n) is 16.4. The van der Waals surface area contributed by atoms with E-state index < -0.39 is 40.5 Å². The minimum absolute atomic E-state index is 0.234. The molecule has 0 nitrogen and oxygen atoms in total. The van der Waals surface area contributed by atoms with Crippen LogP contribution in [-0.2, 0) is 0 Å². The Kier molecular flexibility index (Phi) is 11.9. The van der Waals surface area contributed by atoms with E-state index in [9.17, 15) is 0 Å². The molecule has 0 amide bonds. The van der Waals surface area contributed by atoms with Crippen molar-refractivity contribution in [3.8, 4) is 11.5 Å². The van der Waals surface area contributed by atoms with Crippen LogP contribution in [0, 0.1) is 11.5 Å². The van der Waals surface area contributed by atoms with E-state index in [-0.39, 0.29) is 15.9 Å². The first-order valence-corrected chi connectivity index (χ1v) is 26.1. The van der Waals surface area contributed by atoms with Gasteiger partial charge in [0, 0.05) is 0 Å². The second kappa shape index (κ2) is 14.3. The summed E-state index contributed by atoms with van der Waals surface area (Å²) in [7, 11) is -2.59. The van der Waals surface area contributed by atoms with E-state index in [0.717, 1.165) is 5.56 Å². The second-order valence-corrected chi connectivity index (χ2v) is 43.9. The average Bonchev–Trinajstić information content (AvgIpc) is 2.90. The van der Waals surface area contributed by atoms with Gasteiger partial charge >= 0.3 is 285 Å². The molecule has 0 N–H and O–H groups in total. The van der Waals surface area contributed by atoms with E-state index >= 15 is 0 Å². The average molecular weight is 716 g/mol. The molecule has 0 aliphatic heterocycles. The van der Waals surface area contributed by atoms with Gasteiger partial charge in [-0.3, -0.25) is 0 Å². The zero-order chi connectivity index (χ0) is 33.0. The van der Waals surface area contributed by atoms with Crippen LogP contribution in [0.1, 0.15) is 99.8 Å². The molecule has 0 bridgehead atoms. The van der Waals surface area contributed by atoms with Crippen LogP contribution in [0.5, 0.6) is 0 Å². The Morgan fingerprint density at radius 3 is 1.09 bits per heavy atom. The Balaban J connectivity index is 2.63. The molecule has 0 aliphatic carbocycles. The molecule has 0 heterocycles. The number of benzene rings is 3. The van der Waals surface area contributed by atoms with Crippen molar-refractivity contribution >= 4 is 52.7 Å². The van der Waals surface area contributed by atoms with Crippen molar-refractivity contribution in [1.82, 2.24) is 0 Å². The zero-order valence-corrected chi connectivity index (χ0v) is 35.8. The molecule has 0 saturated heterocycles. The third-order valence-corrected chi connectivity index (χ3v) is 40.1. The standard InChI is InChI=1S/C25H20Si.4C4H9.2Ga/c1-26(20-17-23-11-5-2-6-12-23,21-18-24-13-7-3-8-14-24)22-19-25-15-9-4-10-16-25;4*1-4(2)3;;/h2-18H,1H3;4*1-3H3;;. The molecule has 3 aromatic rings. The van der Waals surface area contributed by atoms with Crippen LogP contribution in [0.15, 0.2) is 98.5 Å². The number of hydrogen-bond acceptors (Lipinski definition) is 0. The van der Waals surface area contributed by atoms with E-state index in [1.165, 1.54) is 11.1 Å². The van der Waals surface area contributed by atoms with Gasteiger partial charge in [0.25, 0.3) is 0 Å². The molecule has 0 unspecified atom stereocenters. The molecule has 0 radical (unpaired) electrons. The van der Waals surface area contributed by atoms with Crippen molar-refractivity contribution in [3.63, 3.8) is 0 Å². The fourth-order valence-electron chi connectivity index (χ4n) is 7.98. The quantitative estimate of drug-likeness (QED) is 0.176. The summed E-state index contributed by atoms with van der Waals surface area (Å²) in [4.78, 5) is 0. The Morgan fingerprint density at radius 2 is 0.795 bits per heavy atom. The van der Waals surface area contributed by atoms with Gasteiger partial charge in [-0.2, -0.15) is 0 Å². The Hall–Kier alpha value is -1.81. The van der Waals surface area contributed by atoms with Crippen LogP contribution in [0.3, 0.4) is 0 Å². The predicted molar refractivity (Wildman–Crippen MR) is 204 cm³/mol. The summed E-state index contributed by atoms with van der Waals surface area (Å²) in [5, 5.41) is 0. The maximum absolute atomic E-state index is 4.25. The van der Waals surface area contributed by atoms with Gasteiger partial charge < -0.3 is 0 Å². The van der Waals surface area contributed by atoms with Crippen LogP contribution in [0.25, 0.3) is 12.2 Å². The molecule has 0 aliphatic rings. The Labute approximate surface area is 282 Å². The molecule has 0 saturated carbocycles. The van der Waals surface area contributed by atoms with Gasteiger partial charge in [0.05, 0.1) is 0 Å². The SMILES string of the molecule is C[C](C)(C)[Ga](/[C](=C\c1ccccc1)[Si](C)(C#Cc1ccccc1)/[C](=C/c1ccccc1)[Ga]([C](C)(C)C)[C](C)(C)C)[C](C)(C)C. The first kappa shape index (κ1) is 36.7. The van der Waals surface area contributed by atoms with E-state index in [1.54, 1.807) is 7.50 Å². The van der Waals surface area contributed by atoms with Crippen molar-refractivity contribution in [3.05, 3.63) is 115 Å². The van der Waals surface area contributed by atoms with Crippen LogP contribution >= 0.6 is 0 Å². The molecular formula is C41H56Ga2Si. The summed E-state index contributed by atoms with van der Waals surface area (Å²) < 4.78 is 4.45. The van der Waals surface area contributed by atoms with Gasteiger partial charge in [0.15, 0.2) is 0 Å². The maximum atomic E-state index is 4.25. The van der Waals surface area contributed by atoms with Crippen LogP contribution in [0.2, 0.25) is 22.4 Å². The molecule has 0 spiro atoms. The van der Waals surface area contributed by atoms with E-state index in [2.05, 4.69) is 204 Å². The van der Waals surface area contributed by atoms with Gasteiger partial charge in [-0.1, -0.05) is 0 Å². The van der Waals surface area contributed by atoms with Crippen molar-refractivity contribution < 1.29 is 0 Å². The first-order chi connectivity index (χ1) is 20.2. The molecule has 3 rings (SSSR count). The normalized spacial score (nSPS) is 14.8. The second-order valence-electron chi connectivity index (χ2n) is 17.1. The molecule has 0 atom stereocenters. The Morgan fingerprint density at radius 1 is 0.500 bits per heavy atom. The summed E-state index contributed by atoms with van der Waals surface area (Å²) in [6, 6.07) is 33.0.